The minimum absolute atomic E-state index is 0.151. The molecule has 5 nitrogen and oxygen atoms in total. The monoisotopic (exact) mass is 312 g/mol. The summed E-state index contributed by atoms with van der Waals surface area (Å²) in [5.74, 6) is -0.646. The van der Waals surface area contributed by atoms with Crippen LogP contribution < -0.4 is 0 Å². The quantitative estimate of drug-likeness (QED) is 0.674. The summed E-state index contributed by atoms with van der Waals surface area (Å²) in [6, 6.07) is 12.8. The highest BCUT2D eigenvalue weighted by molar-refractivity contribution is 7.18. The van der Waals surface area contributed by atoms with Crippen LogP contribution in [0.25, 0.3) is 10.2 Å². The number of fused-ring (bicyclic) bond motifs is 1. The molecule has 0 aliphatic heterocycles. The second kappa shape index (κ2) is 6.10. The lowest BCUT2D eigenvalue weighted by molar-refractivity contribution is 0.0943. The van der Waals surface area contributed by atoms with E-state index in [9.17, 15) is 10.1 Å². The molecule has 0 spiro atoms. The van der Waals surface area contributed by atoms with Crippen LogP contribution in [0.15, 0.2) is 40.8 Å². The molecule has 0 saturated carbocycles. The van der Waals surface area contributed by atoms with Crippen molar-refractivity contribution in [2.75, 3.05) is 7.11 Å². The Labute approximate surface area is 130 Å². The summed E-state index contributed by atoms with van der Waals surface area (Å²) in [7, 11) is 1.54. The number of carbonyl (C=O) groups is 1. The first kappa shape index (κ1) is 14.4. The van der Waals surface area contributed by atoms with Gasteiger partial charge >= 0.3 is 0 Å². The number of nitriles is 1. The van der Waals surface area contributed by atoms with Gasteiger partial charge in [0, 0.05) is 7.11 Å². The van der Waals surface area contributed by atoms with E-state index >= 15 is 0 Å². The van der Waals surface area contributed by atoms with Crippen LogP contribution in [0.4, 0.5) is 0 Å². The minimum atomic E-state index is -0.959. The van der Waals surface area contributed by atoms with Gasteiger partial charge in [-0.15, -0.1) is 11.3 Å². The van der Waals surface area contributed by atoms with Gasteiger partial charge in [0.25, 0.3) is 0 Å². The highest BCUT2D eigenvalue weighted by atomic mass is 32.1. The fourth-order valence-corrected chi connectivity index (χ4v) is 3.12. The number of ketones is 1. The number of rotatable bonds is 5. The van der Waals surface area contributed by atoms with Crippen molar-refractivity contribution < 1.29 is 13.9 Å². The molecule has 0 radical (unpaired) electrons. The van der Waals surface area contributed by atoms with Gasteiger partial charge < -0.3 is 9.15 Å². The first-order valence-corrected chi connectivity index (χ1v) is 7.41. The van der Waals surface area contributed by atoms with E-state index in [2.05, 4.69) is 4.98 Å². The third-order valence-electron chi connectivity index (χ3n) is 3.14. The van der Waals surface area contributed by atoms with Crippen molar-refractivity contribution in [3.05, 3.63) is 52.9 Å². The van der Waals surface area contributed by atoms with E-state index in [1.807, 2.05) is 30.3 Å². The van der Waals surface area contributed by atoms with E-state index in [1.165, 1.54) is 11.3 Å². The average Bonchev–Trinajstić information content (AvgIpc) is 3.14. The molecule has 0 aliphatic carbocycles. The number of ether oxygens (including phenoxy) is 1. The van der Waals surface area contributed by atoms with Crippen LogP contribution in [0.3, 0.4) is 0 Å². The number of Topliss-reactive ketones (excluding diaryl/α,β-unsaturated/α-hetero) is 1. The molecule has 22 heavy (non-hydrogen) atoms. The zero-order valence-electron chi connectivity index (χ0n) is 11.8. The number of hydrogen-bond donors (Lipinski definition) is 0. The first-order chi connectivity index (χ1) is 10.7. The van der Waals surface area contributed by atoms with Crippen molar-refractivity contribution in [1.29, 1.82) is 5.26 Å². The Morgan fingerprint density at radius 3 is 2.95 bits per heavy atom. The Hall–Kier alpha value is -2.49. The van der Waals surface area contributed by atoms with Gasteiger partial charge in [0.1, 0.15) is 17.4 Å². The van der Waals surface area contributed by atoms with Gasteiger partial charge in [0.15, 0.2) is 11.7 Å². The molecular formula is C16H12N2O3S. The van der Waals surface area contributed by atoms with Crippen LogP contribution in [0.1, 0.15) is 27.2 Å². The van der Waals surface area contributed by atoms with E-state index < -0.39 is 5.92 Å². The number of hydrogen-bond acceptors (Lipinski definition) is 6. The van der Waals surface area contributed by atoms with Crippen LogP contribution in [-0.2, 0) is 11.3 Å². The molecule has 0 aliphatic rings. The van der Waals surface area contributed by atoms with Gasteiger partial charge in [-0.3, -0.25) is 4.79 Å². The van der Waals surface area contributed by atoms with E-state index in [0.29, 0.717) is 10.8 Å². The fourth-order valence-electron chi connectivity index (χ4n) is 2.11. The smallest absolute Gasteiger partial charge is 0.222 e. The standard InChI is InChI=1S/C16H12N2O3S/c1-20-9-10-6-7-13(21-10)15(19)11(8-17)16-18-12-4-2-3-5-14(12)22-16/h2-7,11H,9H2,1H3. The van der Waals surface area contributed by atoms with Gasteiger partial charge in [-0.05, 0) is 24.3 Å². The third kappa shape index (κ3) is 2.64. The summed E-state index contributed by atoms with van der Waals surface area (Å²) in [4.78, 5) is 16.9. The number of carbonyl (C=O) groups excluding carboxylic acids is 1. The molecular weight excluding hydrogens is 300 g/mol. The molecule has 0 N–H and O–H groups in total. The summed E-state index contributed by atoms with van der Waals surface area (Å²) in [5, 5.41) is 9.86. The Morgan fingerprint density at radius 1 is 1.41 bits per heavy atom. The summed E-state index contributed by atoms with van der Waals surface area (Å²) in [5.41, 5.74) is 0.787. The Balaban J connectivity index is 1.92. The second-order valence-corrected chi connectivity index (χ2v) is 5.71. The first-order valence-electron chi connectivity index (χ1n) is 6.60. The van der Waals surface area contributed by atoms with Crippen LogP contribution >= 0.6 is 11.3 Å². The molecule has 3 rings (SSSR count). The van der Waals surface area contributed by atoms with E-state index in [1.54, 1.807) is 19.2 Å². The molecule has 6 heteroatoms. The summed E-state index contributed by atoms with van der Waals surface area (Å²) < 4.78 is 11.3. The summed E-state index contributed by atoms with van der Waals surface area (Å²) >= 11 is 1.35. The molecule has 0 fully saturated rings. The molecule has 1 aromatic carbocycles. The number of aromatic nitrogens is 1. The van der Waals surface area contributed by atoms with Crippen LogP contribution in [0.5, 0.6) is 0 Å². The largest absolute Gasteiger partial charge is 0.455 e. The van der Waals surface area contributed by atoms with Crippen LogP contribution in [0, 0.1) is 11.3 Å². The van der Waals surface area contributed by atoms with Gasteiger partial charge in [-0.25, -0.2) is 4.98 Å². The van der Waals surface area contributed by atoms with Crippen molar-refractivity contribution >= 4 is 27.3 Å². The molecule has 2 heterocycles. The van der Waals surface area contributed by atoms with E-state index in [0.717, 1.165) is 10.2 Å². The van der Waals surface area contributed by atoms with Crippen molar-refractivity contribution in [3.63, 3.8) is 0 Å². The number of thiazole rings is 1. The fraction of sp³-hybridized carbons (Fsp3) is 0.188. The molecule has 3 aromatic rings. The van der Waals surface area contributed by atoms with Crippen molar-refractivity contribution in [2.24, 2.45) is 0 Å². The van der Waals surface area contributed by atoms with Gasteiger partial charge in [0.05, 0.1) is 16.3 Å². The minimum Gasteiger partial charge on any atom is -0.455 e. The normalized spacial score (nSPS) is 12.2. The molecule has 1 unspecified atom stereocenters. The van der Waals surface area contributed by atoms with E-state index in [4.69, 9.17) is 9.15 Å². The molecule has 0 bridgehead atoms. The highest BCUT2D eigenvalue weighted by Crippen LogP contribution is 2.29. The predicted molar refractivity (Wildman–Crippen MR) is 81.7 cm³/mol. The number of methoxy groups -OCH3 is 1. The number of benzene rings is 1. The topological polar surface area (TPSA) is 76.1 Å². The van der Waals surface area contributed by atoms with Crippen LogP contribution in [-0.4, -0.2) is 17.9 Å². The van der Waals surface area contributed by atoms with Crippen molar-refractivity contribution in [3.8, 4) is 6.07 Å². The number of nitrogens with zero attached hydrogens (tertiary/aromatic N) is 2. The second-order valence-electron chi connectivity index (χ2n) is 4.65. The highest BCUT2D eigenvalue weighted by Gasteiger charge is 2.27. The molecule has 0 amide bonds. The Kier molecular flexibility index (Phi) is 4.00. The predicted octanol–water partition coefficient (Wildman–Crippen LogP) is 3.53. The van der Waals surface area contributed by atoms with Crippen molar-refractivity contribution in [1.82, 2.24) is 4.98 Å². The third-order valence-corrected chi connectivity index (χ3v) is 4.24. The number of furan rings is 1. The van der Waals surface area contributed by atoms with Gasteiger partial charge in [-0.2, -0.15) is 5.26 Å². The average molecular weight is 312 g/mol. The summed E-state index contributed by atoms with van der Waals surface area (Å²) in [6.07, 6.45) is 0. The Morgan fingerprint density at radius 2 is 2.23 bits per heavy atom. The molecule has 1 atom stereocenters. The maximum absolute atomic E-state index is 12.5. The lowest BCUT2D eigenvalue weighted by Crippen LogP contribution is -2.10. The SMILES string of the molecule is COCc1ccc(C(=O)C(C#N)c2nc3ccccc3s2)o1. The Bertz CT molecular complexity index is 827. The van der Waals surface area contributed by atoms with Gasteiger partial charge in [-0.1, -0.05) is 12.1 Å². The zero-order valence-corrected chi connectivity index (χ0v) is 12.6. The van der Waals surface area contributed by atoms with Gasteiger partial charge in [0.2, 0.25) is 5.78 Å². The summed E-state index contributed by atoms with van der Waals surface area (Å²) in [6.45, 7) is 0.283. The van der Waals surface area contributed by atoms with Crippen molar-refractivity contribution in [2.45, 2.75) is 12.5 Å². The maximum atomic E-state index is 12.5. The van der Waals surface area contributed by atoms with Crippen LogP contribution in [0.2, 0.25) is 0 Å². The maximum Gasteiger partial charge on any atom is 0.222 e. The van der Waals surface area contributed by atoms with E-state index in [-0.39, 0.29) is 18.2 Å². The lowest BCUT2D eigenvalue weighted by atomic mass is 10.1. The molecule has 0 saturated heterocycles. The zero-order chi connectivity index (χ0) is 15.5. The lowest BCUT2D eigenvalue weighted by Gasteiger charge is -2.02. The number of para-hydroxylation sites is 1. The molecule has 110 valence electrons. The molecule has 2 aromatic heterocycles.